The number of hydrogen-bond donors (Lipinski definition) is 1. The number of aromatic nitrogens is 3. The Labute approximate surface area is 267 Å². The molecule has 1 atom stereocenters. The van der Waals surface area contributed by atoms with Gasteiger partial charge < -0.3 is 19.6 Å². The third-order valence-corrected chi connectivity index (χ3v) is 8.11. The number of amides is 1. The lowest BCUT2D eigenvalue weighted by molar-refractivity contribution is 0.0792. The summed E-state index contributed by atoms with van der Waals surface area (Å²) in [4.78, 5) is 52.5. The highest BCUT2D eigenvalue weighted by Gasteiger charge is 2.27. The van der Waals surface area contributed by atoms with Gasteiger partial charge in [-0.3, -0.25) is 19.1 Å². The third-order valence-electron chi connectivity index (χ3n) is 8.11. The monoisotopic (exact) mass is 624 g/mol. The largest absolute Gasteiger partial charge is 0.495 e. The van der Waals surface area contributed by atoms with E-state index in [4.69, 9.17) is 4.74 Å². The van der Waals surface area contributed by atoms with Crippen LogP contribution in [0.15, 0.2) is 95.6 Å². The highest BCUT2D eigenvalue weighted by Crippen LogP contribution is 2.28. The number of rotatable bonds is 12. The summed E-state index contributed by atoms with van der Waals surface area (Å²) < 4.78 is 7.89. The summed E-state index contributed by atoms with van der Waals surface area (Å²) in [6, 6.07) is 18.0. The van der Waals surface area contributed by atoms with Gasteiger partial charge in [0.2, 0.25) is 0 Å². The number of carbonyl (C=O) groups excluding carboxylic acids is 1. The van der Waals surface area contributed by atoms with E-state index in [9.17, 15) is 19.5 Å². The number of aliphatic hydroxyl groups excluding tert-OH is 1. The van der Waals surface area contributed by atoms with E-state index in [1.807, 2.05) is 24.3 Å². The van der Waals surface area contributed by atoms with Crippen LogP contribution in [0.4, 0.5) is 5.69 Å². The molecule has 0 bridgehead atoms. The molecule has 11 nitrogen and oxygen atoms in total. The number of aryl methyl sites for hydroxylation is 1. The first-order valence-electron chi connectivity index (χ1n) is 15.3. The molecule has 0 radical (unpaired) electrons. The Morgan fingerprint density at radius 3 is 2.30 bits per heavy atom. The van der Waals surface area contributed by atoms with Crippen LogP contribution in [0.25, 0.3) is 16.7 Å². The number of piperazine rings is 1. The average molecular weight is 625 g/mol. The molecule has 0 spiro atoms. The van der Waals surface area contributed by atoms with Gasteiger partial charge in [-0.2, -0.15) is 0 Å². The smallest absolute Gasteiger partial charge is 0.337 e. The van der Waals surface area contributed by atoms with Gasteiger partial charge in [0, 0.05) is 51.5 Å². The fourth-order valence-electron chi connectivity index (χ4n) is 5.96. The van der Waals surface area contributed by atoms with Gasteiger partial charge in [-0.15, -0.1) is 13.2 Å². The number of benzene rings is 2. The number of methoxy groups -OCH3 is 1. The lowest BCUT2D eigenvalue weighted by atomic mass is 10.1. The fraction of sp³-hybridized carbons (Fsp3) is 0.314. The molecule has 4 aromatic rings. The van der Waals surface area contributed by atoms with Crippen molar-refractivity contribution < 1.29 is 14.6 Å². The van der Waals surface area contributed by atoms with E-state index in [2.05, 4.69) is 27.9 Å². The highest BCUT2D eigenvalue weighted by molar-refractivity contribution is 6.05. The van der Waals surface area contributed by atoms with Gasteiger partial charge in [0.25, 0.3) is 11.5 Å². The van der Waals surface area contributed by atoms with E-state index in [1.165, 1.54) is 9.47 Å². The number of β-amino-alcohol motifs (C(OH)–C–C–N with tert-alkyl or cyclic N) is 1. The molecule has 1 unspecified atom stereocenters. The zero-order valence-electron chi connectivity index (χ0n) is 26.3. The summed E-state index contributed by atoms with van der Waals surface area (Å²) in [6.07, 6.45) is 2.24. The van der Waals surface area contributed by atoms with Crippen LogP contribution in [0.3, 0.4) is 0 Å². The molecule has 1 fully saturated rings. The van der Waals surface area contributed by atoms with E-state index >= 15 is 0 Å². The molecular weight excluding hydrogens is 584 g/mol. The Bertz CT molecular complexity index is 1830. The summed E-state index contributed by atoms with van der Waals surface area (Å²) >= 11 is 0. The van der Waals surface area contributed by atoms with Crippen molar-refractivity contribution in [2.75, 3.05) is 57.8 Å². The van der Waals surface area contributed by atoms with Gasteiger partial charge in [-0.05, 0) is 37.3 Å². The average Bonchev–Trinajstić information content (AvgIpc) is 3.06. The van der Waals surface area contributed by atoms with Crippen LogP contribution in [-0.2, 0) is 6.54 Å². The van der Waals surface area contributed by atoms with Crippen LogP contribution in [0.5, 0.6) is 5.75 Å². The quantitative estimate of drug-likeness (QED) is 0.240. The van der Waals surface area contributed by atoms with Gasteiger partial charge in [-0.1, -0.05) is 42.5 Å². The SMILES string of the molecule is C=CCN(CC=C)C(=O)c1cc(C)nc2c1c(=O)n(-c1ccccc1)c(=O)n2CC(O)CN1CCN(c2ccccc2OC)CC1. The van der Waals surface area contributed by atoms with Crippen LogP contribution in [0, 0.1) is 6.92 Å². The van der Waals surface area contributed by atoms with Crippen molar-refractivity contribution in [3.63, 3.8) is 0 Å². The van der Waals surface area contributed by atoms with Crippen LogP contribution in [0.1, 0.15) is 16.1 Å². The molecule has 1 N–H and O–H groups in total. The van der Waals surface area contributed by atoms with Crippen LogP contribution in [-0.4, -0.2) is 94.0 Å². The van der Waals surface area contributed by atoms with Gasteiger partial charge in [0.1, 0.15) is 5.75 Å². The fourth-order valence-corrected chi connectivity index (χ4v) is 5.96. The van der Waals surface area contributed by atoms with Gasteiger partial charge >= 0.3 is 5.69 Å². The van der Waals surface area contributed by atoms with E-state index in [-0.39, 0.29) is 36.2 Å². The minimum absolute atomic E-state index is 0.00907. The van der Waals surface area contributed by atoms with Gasteiger partial charge in [0.05, 0.1) is 42.1 Å². The summed E-state index contributed by atoms with van der Waals surface area (Å²) in [5.74, 6) is 0.402. The molecule has 240 valence electrons. The number of carbonyl (C=O) groups is 1. The number of nitrogens with zero attached hydrogens (tertiary/aromatic N) is 6. The number of ether oxygens (including phenoxy) is 1. The van der Waals surface area contributed by atoms with Gasteiger partial charge in [0.15, 0.2) is 5.65 Å². The normalized spacial score (nSPS) is 14.2. The minimum atomic E-state index is -0.958. The molecule has 2 aromatic heterocycles. The molecule has 5 rings (SSSR count). The summed E-state index contributed by atoms with van der Waals surface area (Å²) in [7, 11) is 1.66. The number of para-hydroxylation sites is 3. The molecule has 1 aliphatic heterocycles. The molecular formula is C35H40N6O5. The van der Waals surface area contributed by atoms with Crippen LogP contribution < -0.4 is 20.9 Å². The Kier molecular flexibility index (Phi) is 10.1. The molecule has 46 heavy (non-hydrogen) atoms. The second-order valence-electron chi connectivity index (χ2n) is 11.3. The number of fused-ring (bicyclic) bond motifs is 1. The number of anilines is 1. The van der Waals surface area contributed by atoms with Crippen molar-refractivity contribution in [1.29, 1.82) is 0 Å². The highest BCUT2D eigenvalue weighted by atomic mass is 16.5. The van der Waals surface area contributed by atoms with Crippen molar-refractivity contribution in [1.82, 2.24) is 23.9 Å². The lowest BCUT2D eigenvalue weighted by Crippen LogP contribution is -2.50. The van der Waals surface area contributed by atoms with Crippen molar-refractivity contribution in [3.05, 3.63) is 118 Å². The second-order valence-corrected chi connectivity index (χ2v) is 11.3. The molecule has 1 amide bonds. The first-order valence-corrected chi connectivity index (χ1v) is 15.3. The predicted molar refractivity (Wildman–Crippen MR) is 180 cm³/mol. The summed E-state index contributed by atoms with van der Waals surface area (Å²) in [6.45, 7) is 12.8. The number of pyridine rings is 1. The predicted octanol–water partition coefficient (Wildman–Crippen LogP) is 2.86. The van der Waals surface area contributed by atoms with E-state index in [0.29, 0.717) is 31.0 Å². The van der Waals surface area contributed by atoms with Crippen LogP contribution in [0.2, 0.25) is 0 Å². The summed E-state index contributed by atoms with van der Waals surface area (Å²) in [5.41, 5.74) is 0.715. The molecule has 1 aliphatic rings. The summed E-state index contributed by atoms with van der Waals surface area (Å²) in [5, 5.41) is 11.4. The van der Waals surface area contributed by atoms with Crippen molar-refractivity contribution in [2.45, 2.75) is 19.6 Å². The molecule has 2 aromatic carbocycles. The Hall–Kier alpha value is -5.00. The third kappa shape index (κ3) is 6.65. The van der Waals surface area contributed by atoms with E-state index in [0.717, 1.165) is 29.1 Å². The Morgan fingerprint density at radius 2 is 1.65 bits per heavy atom. The van der Waals surface area contributed by atoms with Crippen molar-refractivity contribution >= 4 is 22.6 Å². The van der Waals surface area contributed by atoms with Crippen molar-refractivity contribution in [2.24, 2.45) is 0 Å². The molecule has 11 heteroatoms. The number of aliphatic hydroxyl groups is 1. The first-order chi connectivity index (χ1) is 22.3. The molecule has 3 heterocycles. The number of hydrogen-bond acceptors (Lipinski definition) is 8. The Balaban J connectivity index is 1.51. The van der Waals surface area contributed by atoms with Crippen molar-refractivity contribution in [3.8, 4) is 11.4 Å². The van der Waals surface area contributed by atoms with Crippen LogP contribution >= 0.6 is 0 Å². The Morgan fingerprint density at radius 1 is 1.00 bits per heavy atom. The standard InChI is InChI=1S/C35H40N6O5/c1-5-16-39(17-6-2)33(43)28-22-25(3)36-32-31(28)34(44)41(26-12-8-7-9-13-26)35(45)40(32)24-27(42)23-37-18-20-38(21-19-37)29-14-10-11-15-30(29)46-4/h5-15,22,27,42H,1-2,16-21,23-24H2,3-4H3. The molecule has 1 saturated heterocycles. The molecule has 0 aliphatic carbocycles. The minimum Gasteiger partial charge on any atom is -0.495 e. The topological polar surface area (TPSA) is 113 Å². The van der Waals surface area contributed by atoms with Gasteiger partial charge in [-0.25, -0.2) is 14.3 Å². The molecule has 0 saturated carbocycles. The van der Waals surface area contributed by atoms with E-state index in [1.54, 1.807) is 62.6 Å². The first kappa shape index (κ1) is 32.4. The second kappa shape index (κ2) is 14.4. The maximum Gasteiger partial charge on any atom is 0.337 e. The zero-order chi connectivity index (χ0) is 32.8. The lowest BCUT2D eigenvalue weighted by Gasteiger charge is -2.37. The van der Waals surface area contributed by atoms with E-state index < -0.39 is 23.3 Å². The maximum atomic E-state index is 14.1. The zero-order valence-corrected chi connectivity index (χ0v) is 26.3. The maximum absolute atomic E-state index is 14.1.